The summed E-state index contributed by atoms with van der Waals surface area (Å²) in [5.74, 6) is 0.817. The van der Waals surface area contributed by atoms with E-state index in [0.717, 1.165) is 55.6 Å². The van der Waals surface area contributed by atoms with Crippen molar-refractivity contribution in [2.75, 3.05) is 4.90 Å². The fraction of sp³-hybridized carbons (Fsp3) is 0. The van der Waals surface area contributed by atoms with Crippen LogP contribution in [-0.4, -0.2) is 14.5 Å². The Kier molecular flexibility index (Phi) is 6.02. The number of aromatic nitrogens is 3. The van der Waals surface area contributed by atoms with E-state index in [2.05, 4.69) is 179 Å². The molecule has 4 nitrogen and oxygen atoms in total. The Morgan fingerprint density at radius 2 is 0.944 bits per heavy atom. The maximum Gasteiger partial charge on any atom is 0.165 e. The zero-order chi connectivity index (χ0) is 35.3. The molecule has 11 aromatic rings. The van der Waals surface area contributed by atoms with Gasteiger partial charge in [-0.05, 0) is 81.7 Å². The first-order valence-electron chi connectivity index (χ1n) is 18.4. The molecule has 0 saturated heterocycles. The molecule has 0 amide bonds. The predicted molar refractivity (Wildman–Crippen MR) is 226 cm³/mol. The van der Waals surface area contributed by atoms with Crippen molar-refractivity contribution in [3.63, 3.8) is 0 Å². The van der Waals surface area contributed by atoms with Gasteiger partial charge in [0.2, 0.25) is 0 Å². The predicted octanol–water partition coefficient (Wildman–Crippen LogP) is 13.3. The van der Waals surface area contributed by atoms with Gasteiger partial charge in [-0.2, -0.15) is 0 Å². The number of nitrogens with zero attached hydrogens (tertiary/aromatic N) is 4. The Hall–Kier alpha value is -7.30. The Bertz CT molecular complexity index is 3300. The molecule has 0 spiro atoms. The number of benzene rings is 9. The lowest BCUT2D eigenvalue weighted by Crippen LogP contribution is -2.15. The first kappa shape index (κ1) is 29.3. The van der Waals surface area contributed by atoms with Crippen molar-refractivity contribution in [1.82, 2.24) is 14.5 Å². The molecular formula is C50H30N4. The molecule has 1 aliphatic heterocycles. The second-order valence-corrected chi connectivity index (χ2v) is 14.2. The number of para-hydroxylation sites is 4. The van der Waals surface area contributed by atoms with Gasteiger partial charge in [-0.3, -0.25) is 4.57 Å². The molecule has 1 aliphatic rings. The van der Waals surface area contributed by atoms with Crippen molar-refractivity contribution in [2.24, 2.45) is 0 Å². The third-order valence-electron chi connectivity index (χ3n) is 11.3. The quantitative estimate of drug-likeness (QED) is 0.185. The Labute approximate surface area is 310 Å². The summed E-state index contributed by atoms with van der Waals surface area (Å²) < 4.78 is 2.30. The van der Waals surface area contributed by atoms with Crippen LogP contribution in [0.4, 0.5) is 17.1 Å². The van der Waals surface area contributed by atoms with Gasteiger partial charge in [-0.1, -0.05) is 127 Å². The molecule has 250 valence electrons. The molecule has 0 bridgehead atoms. The normalized spacial score (nSPS) is 12.4. The molecule has 0 saturated carbocycles. The van der Waals surface area contributed by atoms with Crippen molar-refractivity contribution in [3.05, 3.63) is 182 Å². The minimum absolute atomic E-state index is 0.817. The van der Waals surface area contributed by atoms with Crippen molar-refractivity contribution < 1.29 is 0 Å². The maximum absolute atomic E-state index is 5.44. The van der Waals surface area contributed by atoms with E-state index in [1.165, 1.54) is 54.8 Å². The highest BCUT2D eigenvalue weighted by Gasteiger charge is 2.28. The van der Waals surface area contributed by atoms with E-state index in [1.54, 1.807) is 0 Å². The fourth-order valence-electron chi connectivity index (χ4n) is 8.91. The van der Waals surface area contributed by atoms with E-state index >= 15 is 0 Å². The van der Waals surface area contributed by atoms with E-state index in [0.29, 0.717) is 0 Å². The standard InChI is InChI=1S/C50H30N4/c1-2-14-33-30-47-40(29-32(33)13-1)38-21-11-15-31-16-12-26-46(48(31)38)53(47)45-28-27-39(34-17-3-4-18-35(34)45)49-50(52-42-23-8-7-22-41(42)51-49)54-43-24-9-5-19-36(43)37-20-6-10-25-44(37)54/h1-30H. The number of hydrogen-bond acceptors (Lipinski definition) is 3. The molecule has 2 aromatic heterocycles. The van der Waals surface area contributed by atoms with E-state index in [-0.39, 0.29) is 0 Å². The maximum atomic E-state index is 5.44. The third-order valence-corrected chi connectivity index (χ3v) is 11.3. The summed E-state index contributed by atoms with van der Waals surface area (Å²) >= 11 is 0. The lowest BCUT2D eigenvalue weighted by molar-refractivity contribution is 1.08. The van der Waals surface area contributed by atoms with Crippen molar-refractivity contribution >= 4 is 82.2 Å². The van der Waals surface area contributed by atoms with Crippen molar-refractivity contribution in [2.45, 2.75) is 0 Å². The molecule has 4 heteroatoms. The van der Waals surface area contributed by atoms with Gasteiger partial charge in [0, 0.05) is 32.7 Å². The number of hydrogen-bond donors (Lipinski definition) is 0. The van der Waals surface area contributed by atoms with Gasteiger partial charge in [-0.25, -0.2) is 9.97 Å². The van der Waals surface area contributed by atoms with Gasteiger partial charge in [0.05, 0.1) is 39.1 Å². The highest BCUT2D eigenvalue weighted by molar-refractivity contribution is 6.18. The monoisotopic (exact) mass is 686 g/mol. The van der Waals surface area contributed by atoms with Crippen LogP contribution < -0.4 is 4.90 Å². The van der Waals surface area contributed by atoms with Gasteiger partial charge in [0.15, 0.2) is 5.82 Å². The molecule has 3 heterocycles. The van der Waals surface area contributed by atoms with E-state index in [9.17, 15) is 0 Å². The van der Waals surface area contributed by atoms with Crippen LogP contribution in [0.15, 0.2) is 182 Å². The summed E-state index contributed by atoms with van der Waals surface area (Å²) in [6.07, 6.45) is 0. The number of fused-ring (bicyclic) bond motifs is 8. The average molecular weight is 687 g/mol. The second kappa shape index (κ2) is 11.1. The minimum atomic E-state index is 0.817. The van der Waals surface area contributed by atoms with Gasteiger partial charge in [-0.15, -0.1) is 0 Å². The average Bonchev–Trinajstić information content (AvgIpc) is 3.57. The lowest BCUT2D eigenvalue weighted by atomic mass is 9.88. The van der Waals surface area contributed by atoms with Gasteiger partial charge in [0.1, 0.15) is 5.69 Å². The lowest BCUT2D eigenvalue weighted by Gasteiger charge is -2.34. The molecule has 0 atom stereocenters. The molecular weight excluding hydrogens is 657 g/mol. The highest BCUT2D eigenvalue weighted by Crippen LogP contribution is 2.53. The van der Waals surface area contributed by atoms with Crippen LogP contribution in [0.25, 0.3) is 93.4 Å². The molecule has 12 rings (SSSR count). The Morgan fingerprint density at radius 1 is 0.352 bits per heavy atom. The first-order valence-corrected chi connectivity index (χ1v) is 18.4. The second-order valence-electron chi connectivity index (χ2n) is 14.2. The number of anilines is 3. The summed E-state index contributed by atoms with van der Waals surface area (Å²) in [5.41, 5.74) is 11.8. The van der Waals surface area contributed by atoms with Crippen LogP contribution >= 0.6 is 0 Å². The Balaban J connectivity index is 1.16. The summed E-state index contributed by atoms with van der Waals surface area (Å²) in [6, 6.07) is 65.5. The van der Waals surface area contributed by atoms with Crippen LogP contribution in [0.5, 0.6) is 0 Å². The van der Waals surface area contributed by atoms with Crippen LogP contribution in [-0.2, 0) is 0 Å². The summed E-state index contributed by atoms with van der Waals surface area (Å²) in [7, 11) is 0. The van der Waals surface area contributed by atoms with Crippen molar-refractivity contribution in [3.8, 4) is 28.2 Å². The summed E-state index contributed by atoms with van der Waals surface area (Å²) in [4.78, 5) is 13.3. The molecule has 0 radical (unpaired) electrons. The molecule has 9 aromatic carbocycles. The topological polar surface area (TPSA) is 34.0 Å². The largest absolute Gasteiger partial charge is 0.309 e. The molecule has 0 fully saturated rings. The molecule has 0 unspecified atom stereocenters. The Morgan fingerprint density at radius 3 is 1.70 bits per heavy atom. The van der Waals surface area contributed by atoms with Gasteiger partial charge in [0.25, 0.3) is 0 Å². The molecule has 0 N–H and O–H groups in total. The molecule has 54 heavy (non-hydrogen) atoms. The SMILES string of the molecule is c1ccc2cc3c(cc2c1)-c1cccc2cccc(c12)N3c1ccc(-c2nc3ccccc3nc2-n2c3ccccc3c3ccccc32)c2ccccc12. The minimum Gasteiger partial charge on any atom is -0.309 e. The number of rotatable bonds is 3. The highest BCUT2D eigenvalue weighted by atomic mass is 15.2. The van der Waals surface area contributed by atoms with E-state index in [4.69, 9.17) is 9.97 Å². The summed E-state index contributed by atoms with van der Waals surface area (Å²) in [6.45, 7) is 0. The van der Waals surface area contributed by atoms with Crippen molar-refractivity contribution in [1.29, 1.82) is 0 Å². The van der Waals surface area contributed by atoms with E-state index < -0.39 is 0 Å². The van der Waals surface area contributed by atoms with Crippen LogP contribution in [0, 0.1) is 0 Å². The zero-order valence-corrected chi connectivity index (χ0v) is 29.1. The van der Waals surface area contributed by atoms with Gasteiger partial charge >= 0.3 is 0 Å². The third kappa shape index (κ3) is 4.08. The first-order chi connectivity index (χ1) is 26.8. The smallest absolute Gasteiger partial charge is 0.165 e. The molecule has 0 aliphatic carbocycles. The van der Waals surface area contributed by atoms with E-state index in [1.807, 2.05) is 12.1 Å². The zero-order valence-electron chi connectivity index (χ0n) is 29.1. The fourth-order valence-corrected chi connectivity index (χ4v) is 8.91. The summed E-state index contributed by atoms with van der Waals surface area (Å²) in [5, 5.41) is 9.61. The van der Waals surface area contributed by atoms with Crippen LogP contribution in [0.2, 0.25) is 0 Å². The van der Waals surface area contributed by atoms with Gasteiger partial charge < -0.3 is 4.90 Å². The van der Waals surface area contributed by atoms with Crippen LogP contribution in [0.3, 0.4) is 0 Å². The van der Waals surface area contributed by atoms with Crippen LogP contribution in [0.1, 0.15) is 0 Å².